The Balaban J connectivity index is 1.66. The van der Waals surface area contributed by atoms with Crippen LogP contribution in [0.5, 0.6) is 0 Å². The molecule has 0 aliphatic heterocycles. The first kappa shape index (κ1) is 15.5. The van der Waals surface area contributed by atoms with Crippen LogP contribution in [0.4, 0.5) is 4.39 Å². The number of hydrogen-bond donors (Lipinski definition) is 1. The van der Waals surface area contributed by atoms with Crippen molar-refractivity contribution in [1.29, 1.82) is 0 Å². The Morgan fingerprint density at radius 3 is 2.48 bits per heavy atom. The number of carbonyl (C=O) groups excluding carboxylic acids is 1. The lowest BCUT2D eigenvalue weighted by Gasteiger charge is -2.15. The molecule has 2 aromatic carbocycles. The van der Waals surface area contributed by atoms with Crippen molar-refractivity contribution in [3.63, 3.8) is 0 Å². The number of carbonyl (C=O) groups is 1. The highest BCUT2D eigenvalue weighted by atomic mass is 19.1. The number of amides is 1. The van der Waals surface area contributed by atoms with Gasteiger partial charge in [-0.05, 0) is 42.7 Å². The average Bonchev–Trinajstić information content (AvgIpc) is 3.39. The van der Waals surface area contributed by atoms with E-state index in [4.69, 9.17) is 4.42 Å². The summed E-state index contributed by atoms with van der Waals surface area (Å²) in [4.78, 5) is 12.2. The molecule has 0 bridgehead atoms. The monoisotopic (exact) mass is 337 g/mol. The van der Waals surface area contributed by atoms with E-state index < -0.39 is 6.04 Å². The molecule has 1 heterocycles. The van der Waals surface area contributed by atoms with Gasteiger partial charge in [0.15, 0.2) is 0 Å². The number of nitrogens with zero attached hydrogens (tertiary/aromatic N) is 2. The summed E-state index contributed by atoms with van der Waals surface area (Å²) in [5.74, 6) is 0.308. The summed E-state index contributed by atoms with van der Waals surface area (Å²) in [5.41, 5.74) is 1.49. The molecule has 0 spiro atoms. The van der Waals surface area contributed by atoms with Crippen LogP contribution in [0.2, 0.25) is 0 Å². The molecule has 0 radical (unpaired) electrons. The van der Waals surface area contributed by atoms with Crippen LogP contribution in [0.15, 0.2) is 59.0 Å². The number of nitrogens with one attached hydrogen (secondary N) is 1. The first-order valence-electron chi connectivity index (χ1n) is 8.15. The fourth-order valence-electron chi connectivity index (χ4n) is 2.60. The van der Waals surface area contributed by atoms with E-state index >= 15 is 0 Å². The molecule has 1 N–H and O–H groups in total. The predicted molar refractivity (Wildman–Crippen MR) is 88.8 cm³/mol. The van der Waals surface area contributed by atoms with E-state index in [1.54, 1.807) is 12.1 Å². The maximum Gasteiger partial charge on any atom is 0.247 e. The highest BCUT2D eigenvalue weighted by Crippen LogP contribution is 2.31. The molecule has 5 nitrogen and oxygen atoms in total. The summed E-state index contributed by atoms with van der Waals surface area (Å²) in [6, 6.07) is 14.7. The summed E-state index contributed by atoms with van der Waals surface area (Å²) >= 11 is 0. The molecule has 0 saturated heterocycles. The largest absolute Gasteiger partial charge is 0.418 e. The molecule has 1 aliphatic carbocycles. The molecule has 1 saturated carbocycles. The van der Waals surface area contributed by atoms with Crippen LogP contribution in [0.1, 0.15) is 30.3 Å². The molecule has 1 aliphatic rings. The van der Waals surface area contributed by atoms with Gasteiger partial charge >= 0.3 is 0 Å². The van der Waals surface area contributed by atoms with Gasteiger partial charge in [-0.15, -0.1) is 10.2 Å². The third-order valence-corrected chi connectivity index (χ3v) is 4.15. The van der Waals surface area contributed by atoms with E-state index in [1.165, 1.54) is 12.1 Å². The second kappa shape index (κ2) is 6.47. The maximum atomic E-state index is 13.2. The van der Waals surface area contributed by atoms with Gasteiger partial charge in [0.05, 0.1) is 0 Å². The number of rotatable bonds is 5. The lowest BCUT2D eigenvalue weighted by Crippen LogP contribution is -2.30. The molecule has 126 valence electrons. The van der Waals surface area contributed by atoms with E-state index in [0.29, 0.717) is 11.5 Å². The lowest BCUT2D eigenvalue weighted by atomic mass is 10.1. The van der Waals surface area contributed by atoms with Crippen LogP contribution >= 0.6 is 0 Å². The molecular weight excluding hydrogens is 321 g/mol. The second-order valence-electron chi connectivity index (χ2n) is 6.08. The SMILES string of the molecule is O=C(NC(c1ccc(F)cc1)c1nnc(-c2ccccc2)o1)C1CC1. The van der Waals surface area contributed by atoms with Crippen molar-refractivity contribution in [3.05, 3.63) is 71.9 Å². The zero-order valence-electron chi connectivity index (χ0n) is 13.4. The summed E-state index contributed by atoms with van der Waals surface area (Å²) in [6.45, 7) is 0. The van der Waals surface area contributed by atoms with Gasteiger partial charge < -0.3 is 9.73 Å². The Labute approximate surface area is 143 Å². The second-order valence-corrected chi connectivity index (χ2v) is 6.08. The van der Waals surface area contributed by atoms with Crippen LogP contribution in [0.25, 0.3) is 11.5 Å². The van der Waals surface area contributed by atoms with Gasteiger partial charge in [0.25, 0.3) is 0 Å². The zero-order valence-corrected chi connectivity index (χ0v) is 13.4. The zero-order chi connectivity index (χ0) is 17.2. The van der Waals surface area contributed by atoms with Crippen molar-refractivity contribution >= 4 is 5.91 Å². The Kier molecular flexibility index (Phi) is 4.01. The maximum absolute atomic E-state index is 13.2. The van der Waals surface area contributed by atoms with Gasteiger partial charge in [-0.1, -0.05) is 30.3 Å². The first-order chi connectivity index (χ1) is 12.2. The molecule has 1 amide bonds. The van der Waals surface area contributed by atoms with Crippen LogP contribution in [-0.2, 0) is 4.79 Å². The minimum atomic E-state index is -0.598. The van der Waals surface area contributed by atoms with Crippen LogP contribution in [0, 0.1) is 11.7 Å². The van der Waals surface area contributed by atoms with Crippen molar-refractivity contribution < 1.29 is 13.6 Å². The summed E-state index contributed by atoms with van der Waals surface area (Å²) in [7, 11) is 0. The van der Waals surface area contributed by atoms with Crippen molar-refractivity contribution in [1.82, 2.24) is 15.5 Å². The highest BCUT2D eigenvalue weighted by molar-refractivity contribution is 5.81. The Bertz CT molecular complexity index is 873. The van der Waals surface area contributed by atoms with Crippen molar-refractivity contribution in [3.8, 4) is 11.5 Å². The van der Waals surface area contributed by atoms with Crippen LogP contribution < -0.4 is 5.32 Å². The molecule has 6 heteroatoms. The molecule has 1 fully saturated rings. The number of hydrogen-bond acceptors (Lipinski definition) is 4. The summed E-state index contributed by atoms with van der Waals surface area (Å²) in [5, 5.41) is 11.1. The molecule has 25 heavy (non-hydrogen) atoms. The minimum Gasteiger partial charge on any atom is -0.418 e. The highest BCUT2D eigenvalue weighted by Gasteiger charge is 2.33. The Hall–Kier alpha value is -3.02. The molecule has 1 unspecified atom stereocenters. The standard InChI is InChI=1S/C19H16FN3O2/c20-15-10-8-12(9-11-15)16(21-17(24)13-6-7-13)19-23-22-18(25-19)14-4-2-1-3-5-14/h1-5,8-11,13,16H,6-7H2,(H,21,24). The van der Waals surface area contributed by atoms with Crippen molar-refractivity contribution in [2.24, 2.45) is 5.92 Å². The number of aromatic nitrogens is 2. The fourth-order valence-corrected chi connectivity index (χ4v) is 2.60. The van der Waals surface area contributed by atoms with Crippen molar-refractivity contribution in [2.45, 2.75) is 18.9 Å². The van der Waals surface area contributed by atoms with E-state index in [-0.39, 0.29) is 23.5 Å². The normalized spacial score (nSPS) is 14.9. The van der Waals surface area contributed by atoms with Gasteiger partial charge in [-0.2, -0.15) is 0 Å². The molecule has 3 aromatic rings. The van der Waals surface area contributed by atoms with E-state index in [0.717, 1.165) is 18.4 Å². The fraction of sp³-hybridized carbons (Fsp3) is 0.211. The molecule has 1 aromatic heterocycles. The molecule has 4 rings (SSSR count). The Morgan fingerprint density at radius 2 is 1.80 bits per heavy atom. The van der Waals surface area contributed by atoms with Crippen LogP contribution in [-0.4, -0.2) is 16.1 Å². The number of halogens is 1. The smallest absolute Gasteiger partial charge is 0.247 e. The average molecular weight is 337 g/mol. The van der Waals surface area contributed by atoms with E-state index in [1.807, 2.05) is 30.3 Å². The predicted octanol–water partition coefficient (Wildman–Crippen LogP) is 3.49. The van der Waals surface area contributed by atoms with Gasteiger partial charge in [-0.3, -0.25) is 4.79 Å². The van der Waals surface area contributed by atoms with Gasteiger partial charge in [0, 0.05) is 11.5 Å². The van der Waals surface area contributed by atoms with E-state index in [2.05, 4.69) is 15.5 Å². The van der Waals surface area contributed by atoms with Gasteiger partial charge in [0.1, 0.15) is 11.9 Å². The quantitative estimate of drug-likeness (QED) is 0.774. The Morgan fingerprint density at radius 1 is 1.08 bits per heavy atom. The van der Waals surface area contributed by atoms with Crippen molar-refractivity contribution in [2.75, 3.05) is 0 Å². The van der Waals surface area contributed by atoms with Crippen LogP contribution in [0.3, 0.4) is 0 Å². The molecule has 1 atom stereocenters. The summed E-state index contributed by atoms with van der Waals surface area (Å²) in [6.07, 6.45) is 1.78. The lowest BCUT2D eigenvalue weighted by molar-refractivity contribution is -0.122. The van der Waals surface area contributed by atoms with E-state index in [9.17, 15) is 9.18 Å². The summed E-state index contributed by atoms with van der Waals surface area (Å²) < 4.78 is 19.0. The minimum absolute atomic E-state index is 0.0412. The topological polar surface area (TPSA) is 68.0 Å². The third-order valence-electron chi connectivity index (χ3n) is 4.15. The first-order valence-corrected chi connectivity index (χ1v) is 8.15. The van der Waals surface area contributed by atoms with Gasteiger partial charge in [0.2, 0.25) is 17.7 Å². The molecular formula is C19H16FN3O2. The number of benzene rings is 2. The van der Waals surface area contributed by atoms with Gasteiger partial charge in [-0.25, -0.2) is 4.39 Å². The third kappa shape index (κ3) is 3.42.